The summed E-state index contributed by atoms with van der Waals surface area (Å²) >= 11 is 1.85. The Labute approximate surface area is 840 Å². The third-order valence-corrected chi connectivity index (χ3v) is 30.0. The smallest absolute Gasteiger partial charge is 0.0978 e. The van der Waals surface area contributed by atoms with Crippen molar-refractivity contribution in [1.82, 2.24) is 34.9 Å². The van der Waals surface area contributed by atoms with Crippen LogP contribution in [-0.4, -0.2) is 34.9 Å². The molecule has 145 heavy (non-hydrogen) atoms. The highest BCUT2D eigenvalue weighted by atomic mass is 32.1. The van der Waals surface area contributed by atoms with Crippen LogP contribution in [0.3, 0.4) is 0 Å². The third kappa shape index (κ3) is 14.9. The van der Waals surface area contributed by atoms with Crippen molar-refractivity contribution in [3.05, 3.63) is 516 Å². The molecule has 0 saturated carbocycles. The maximum atomic E-state index is 5.24. The van der Waals surface area contributed by atoms with Gasteiger partial charge in [0.05, 0.1) is 50.2 Å². The Morgan fingerprint density at radius 3 is 0.731 bits per heavy atom. The van der Waals surface area contributed by atoms with Gasteiger partial charge in [0, 0.05) is 106 Å². The van der Waals surface area contributed by atoms with Crippen molar-refractivity contribution in [3.63, 3.8) is 0 Å². The summed E-state index contributed by atoms with van der Waals surface area (Å²) in [7, 11) is 0. The molecular weight excluding hydrogens is 1780 g/mol. The highest BCUT2D eigenvalue weighted by Crippen LogP contribution is 2.54. The highest BCUT2D eigenvalue weighted by Gasteiger charge is 2.27. The third-order valence-electron chi connectivity index (χ3n) is 28.8. The van der Waals surface area contributed by atoms with E-state index in [0.29, 0.717) is 0 Å². The van der Waals surface area contributed by atoms with Gasteiger partial charge in [0.25, 0.3) is 0 Å². The minimum atomic E-state index is 0.913. The van der Waals surface area contributed by atoms with Crippen molar-refractivity contribution in [2.45, 2.75) is 0 Å². The Hall–Kier alpha value is -19.0. The van der Waals surface area contributed by atoms with E-state index in [1.165, 1.54) is 168 Å². The van der Waals surface area contributed by atoms with Crippen molar-refractivity contribution >= 4 is 163 Å². The Morgan fingerprint density at radius 1 is 0.145 bits per heavy atom. The van der Waals surface area contributed by atoms with E-state index in [2.05, 4.69) is 454 Å². The zero-order valence-corrected chi connectivity index (χ0v) is 79.4. The van der Waals surface area contributed by atoms with Crippen molar-refractivity contribution < 1.29 is 0 Å². The fraction of sp³-hybridized carbons (Fsp3) is 0. The van der Waals surface area contributed by atoms with E-state index in [1.807, 2.05) is 78.7 Å². The minimum absolute atomic E-state index is 0.913. The van der Waals surface area contributed by atoms with Gasteiger partial charge in [-0.05, 0) is 213 Å². The molecule has 0 radical (unpaired) electrons. The second-order valence-corrected chi connectivity index (χ2v) is 38.0. The lowest BCUT2D eigenvalue weighted by Gasteiger charge is -2.20. The summed E-state index contributed by atoms with van der Waals surface area (Å²) < 4.78 is 0. The van der Waals surface area contributed by atoms with Gasteiger partial charge in [0.15, 0.2) is 0 Å². The molecule has 0 bridgehead atoms. The lowest BCUT2D eigenvalue weighted by molar-refractivity contribution is 1.33. The summed E-state index contributed by atoms with van der Waals surface area (Å²) in [4.78, 5) is 37.0. The number of benzene rings is 21. The molecule has 0 amide bonds. The zero-order chi connectivity index (χ0) is 95.8. The molecule has 21 aromatic carbocycles. The molecule has 0 fully saturated rings. The van der Waals surface area contributed by atoms with Crippen LogP contribution >= 0.6 is 11.3 Å². The number of pyridine rings is 7. The second kappa shape index (κ2) is 36.3. The summed E-state index contributed by atoms with van der Waals surface area (Å²) in [5.41, 5.74) is 31.0. The number of fused-ring (bicyclic) bond motifs is 17. The molecule has 0 aliphatic rings. The molecule has 0 N–H and O–H groups in total. The molecule has 29 rings (SSSR count). The van der Waals surface area contributed by atoms with Crippen LogP contribution < -0.4 is 0 Å². The maximum Gasteiger partial charge on any atom is 0.0978 e. The normalized spacial score (nSPS) is 11.6. The monoisotopic (exact) mass is 1860 g/mol. The second-order valence-electron chi connectivity index (χ2n) is 36.9. The summed E-state index contributed by atoms with van der Waals surface area (Å²) in [6, 6.07) is 174. The van der Waals surface area contributed by atoms with Crippen molar-refractivity contribution in [2.75, 3.05) is 0 Å². The van der Waals surface area contributed by atoms with Crippen LogP contribution in [0.25, 0.3) is 284 Å². The molecule has 0 saturated heterocycles. The number of aromatic nitrogens is 7. The molecule has 0 aliphatic carbocycles. The van der Waals surface area contributed by atoms with Crippen molar-refractivity contribution in [2.24, 2.45) is 0 Å². The number of hydrogen-bond donors (Lipinski definition) is 0. The van der Waals surface area contributed by atoms with Gasteiger partial charge >= 0.3 is 0 Å². The maximum absolute atomic E-state index is 5.24. The first kappa shape index (κ1) is 85.2. The number of rotatable bonds is 12. The predicted molar refractivity (Wildman–Crippen MR) is 612 cm³/mol. The van der Waals surface area contributed by atoms with Crippen LogP contribution in [0.5, 0.6) is 0 Å². The topological polar surface area (TPSA) is 90.2 Å². The molecule has 0 aliphatic heterocycles. The summed E-state index contributed by atoms with van der Waals surface area (Å²) in [5, 5.41) is 26.4. The lowest BCUT2D eigenvalue weighted by Crippen LogP contribution is -1.94. The van der Waals surface area contributed by atoms with Crippen molar-refractivity contribution in [1.29, 1.82) is 0 Å². The van der Waals surface area contributed by atoms with Crippen LogP contribution in [0.1, 0.15) is 0 Å². The quantitative estimate of drug-likeness (QED) is 0.0889. The molecule has 8 heterocycles. The fourth-order valence-corrected chi connectivity index (χ4v) is 23.5. The molecule has 8 heteroatoms. The Morgan fingerprint density at radius 2 is 0.400 bits per heavy atom. The van der Waals surface area contributed by atoms with Crippen LogP contribution in [0, 0.1) is 0 Å². The Kier molecular flexibility index (Phi) is 21.4. The van der Waals surface area contributed by atoms with Gasteiger partial charge in [-0.2, -0.15) is 0 Å². The van der Waals surface area contributed by atoms with E-state index in [1.54, 1.807) is 0 Å². The standard InChI is InChI=1S/C48H30N2.C47H29N3.C42H26N2S/c1-3-14-31(15-4-1)44-30-43(42-26-25-33-18-13-29-49-47(33)48(42)50-44)36-27-28-41(35-20-8-7-19-34(35)36)46-39-23-11-9-21-37(39)45(32-16-5-2-6-17-32)38-22-10-12-24-40(38)46;1-2-12-30(13-3-1)43-28-42(41-23-22-31-14-11-27-49-46(31)47(41)50-43)35-24-25-40(34-17-5-4-16-33(34)35)45-38-20-8-6-18-36(38)44(32-15-10-26-48-29-32)37-19-7-9-21-39(37)45;1-3-12-27(13-4-1)36-26-35(34-22-21-29-16-11-25-43-41(29)42(34)44-36)37-23-24-38(45-37)40-32-19-9-7-17-30(32)39(28-14-5-2-6-15-28)31-18-8-10-20-33(31)40/h1-30H;1-29H;1-26H. The van der Waals surface area contributed by atoms with Crippen LogP contribution in [0.2, 0.25) is 0 Å². The van der Waals surface area contributed by atoms with Gasteiger partial charge in [0.2, 0.25) is 0 Å². The molecule has 0 atom stereocenters. The van der Waals surface area contributed by atoms with Gasteiger partial charge in [-0.25, -0.2) is 15.0 Å². The average Bonchev–Trinajstić information content (AvgIpc) is 1.35. The molecule has 29 aromatic rings. The molecule has 0 spiro atoms. The van der Waals surface area contributed by atoms with E-state index in [-0.39, 0.29) is 0 Å². The number of nitrogens with zero attached hydrogens (tertiary/aromatic N) is 7. The first-order valence-corrected chi connectivity index (χ1v) is 50.0. The van der Waals surface area contributed by atoms with E-state index in [0.717, 1.165) is 116 Å². The molecule has 674 valence electrons. The first-order valence-electron chi connectivity index (χ1n) is 49.2. The molecule has 0 unspecified atom stereocenters. The minimum Gasteiger partial charge on any atom is -0.264 e. The Bertz CT molecular complexity index is 9630. The van der Waals surface area contributed by atoms with E-state index in [9.17, 15) is 0 Å². The van der Waals surface area contributed by atoms with Crippen LogP contribution in [0.15, 0.2) is 516 Å². The van der Waals surface area contributed by atoms with Crippen LogP contribution in [-0.2, 0) is 0 Å². The lowest BCUT2D eigenvalue weighted by atomic mass is 9.83. The summed E-state index contributed by atoms with van der Waals surface area (Å²) in [6.45, 7) is 0. The SMILES string of the molecule is c1ccc(-c2cc(-c3ccc(-c4c5ccccc5c(-c5ccccc5)c5ccccc45)c4ccccc34)c3ccc4cccnc4c3n2)cc1.c1ccc(-c2cc(-c3ccc(-c4c5ccccc5c(-c5ccccc5)c5ccccc45)s3)c3ccc4cccnc4c3n2)cc1.c1ccc(-c2cc(-c3ccc(-c4c5ccccc5c(-c5cccnc5)c5ccccc45)c4ccccc34)c3ccc4cccnc4c3n2)cc1. The first-order chi connectivity index (χ1) is 72.0. The summed E-state index contributed by atoms with van der Waals surface area (Å²) in [5.74, 6) is 0. The zero-order valence-electron chi connectivity index (χ0n) is 78.6. The highest BCUT2D eigenvalue weighted by molar-refractivity contribution is 7.19. The predicted octanol–water partition coefficient (Wildman–Crippen LogP) is 37.0. The van der Waals surface area contributed by atoms with E-state index < -0.39 is 0 Å². The number of hydrogen-bond acceptors (Lipinski definition) is 8. The summed E-state index contributed by atoms with van der Waals surface area (Å²) in [6.07, 6.45) is 9.39. The largest absolute Gasteiger partial charge is 0.264 e. The van der Waals surface area contributed by atoms with Gasteiger partial charge in [-0.3, -0.25) is 19.9 Å². The number of thiophene rings is 1. The van der Waals surface area contributed by atoms with E-state index in [4.69, 9.17) is 29.9 Å². The molecular formula is C137H85N7S. The Balaban J connectivity index is 0.000000108. The molecule has 7 nitrogen and oxygen atoms in total. The van der Waals surface area contributed by atoms with Gasteiger partial charge < -0.3 is 0 Å². The van der Waals surface area contributed by atoms with Crippen molar-refractivity contribution in [3.8, 4) is 133 Å². The van der Waals surface area contributed by atoms with E-state index >= 15 is 0 Å². The molecule has 8 aromatic heterocycles. The van der Waals surface area contributed by atoms with Crippen LogP contribution in [0.4, 0.5) is 0 Å². The van der Waals surface area contributed by atoms with Gasteiger partial charge in [0.1, 0.15) is 0 Å². The fourth-order valence-electron chi connectivity index (χ4n) is 22.4. The van der Waals surface area contributed by atoms with Gasteiger partial charge in [-0.15, -0.1) is 11.3 Å². The van der Waals surface area contributed by atoms with Gasteiger partial charge in [-0.1, -0.05) is 431 Å². The average molecular weight is 1860 g/mol.